The first-order valence-electron chi connectivity index (χ1n) is 8.57. The quantitative estimate of drug-likeness (QED) is 0.682. The Labute approximate surface area is 140 Å². The number of hydrogen-bond donors (Lipinski definition) is 2. The molecule has 4 rings (SSSR count). The maximum atomic E-state index is 12.7. The zero-order valence-electron chi connectivity index (χ0n) is 13.9. The Balaban J connectivity index is 1.35. The highest BCUT2D eigenvalue weighted by Crippen LogP contribution is 2.42. The highest BCUT2D eigenvalue weighted by molar-refractivity contribution is 6.07. The second-order valence-corrected chi connectivity index (χ2v) is 7.08. The number of nitrogens with one attached hydrogen (secondary N) is 2. The molecular formula is C16H23N6O2+. The third kappa shape index (κ3) is 2.60. The van der Waals surface area contributed by atoms with E-state index in [2.05, 4.69) is 20.2 Å². The summed E-state index contributed by atoms with van der Waals surface area (Å²) in [6.45, 7) is 5.66. The van der Waals surface area contributed by atoms with Gasteiger partial charge in [-0.25, -0.2) is 19.7 Å². The van der Waals surface area contributed by atoms with Gasteiger partial charge in [0.25, 0.3) is 5.91 Å². The number of rotatable bonds is 4. The van der Waals surface area contributed by atoms with Crippen molar-refractivity contribution >= 4 is 17.9 Å². The number of anilines is 1. The minimum Gasteiger partial charge on any atom is -0.330 e. The Hall–Kier alpha value is -2.22. The standard InChI is InChI=1S/C16H22N6O2/c1-16(12-3-4-12)13(23)22(15(24)19-16)11-20-7-9-21(10-8-20)14-17-5-2-6-18-14/h2,5-6,12H,3-4,7-11H2,1H3,(H,19,24)/p+1/t16-/m0/s1. The summed E-state index contributed by atoms with van der Waals surface area (Å²) in [5, 5.41) is 2.91. The van der Waals surface area contributed by atoms with Gasteiger partial charge in [0.2, 0.25) is 5.95 Å². The van der Waals surface area contributed by atoms with E-state index in [0.29, 0.717) is 12.6 Å². The molecule has 0 aromatic carbocycles. The van der Waals surface area contributed by atoms with E-state index < -0.39 is 5.54 Å². The van der Waals surface area contributed by atoms with Gasteiger partial charge in [-0.1, -0.05) is 0 Å². The molecule has 0 bridgehead atoms. The summed E-state index contributed by atoms with van der Waals surface area (Å²) in [6, 6.07) is 1.56. The fourth-order valence-corrected chi connectivity index (χ4v) is 3.66. The molecule has 2 N–H and O–H groups in total. The zero-order chi connectivity index (χ0) is 16.7. The SMILES string of the molecule is C[C@@]1(C2CC2)NC(=O)N(C[NH+]2CCN(c3ncccn3)CC2)C1=O. The normalized spacial score (nSPS) is 28.4. The van der Waals surface area contributed by atoms with E-state index in [4.69, 9.17) is 0 Å². The van der Waals surface area contributed by atoms with Crippen LogP contribution in [0.25, 0.3) is 0 Å². The van der Waals surface area contributed by atoms with Crippen LogP contribution >= 0.6 is 0 Å². The van der Waals surface area contributed by atoms with Crippen LogP contribution in [0.1, 0.15) is 19.8 Å². The summed E-state index contributed by atoms with van der Waals surface area (Å²) in [5.41, 5.74) is -0.684. The van der Waals surface area contributed by atoms with E-state index in [1.807, 2.05) is 6.92 Å². The number of nitrogens with zero attached hydrogens (tertiary/aromatic N) is 4. The first-order valence-corrected chi connectivity index (χ1v) is 8.57. The number of piperazine rings is 1. The summed E-state index contributed by atoms with van der Waals surface area (Å²) in [5.74, 6) is 0.991. The fourth-order valence-electron chi connectivity index (χ4n) is 3.66. The second-order valence-electron chi connectivity index (χ2n) is 7.08. The van der Waals surface area contributed by atoms with Crippen LogP contribution in [0.3, 0.4) is 0 Å². The van der Waals surface area contributed by atoms with Gasteiger partial charge in [0.05, 0.1) is 26.2 Å². The molecule has 2 saturated heterocycles. The van der Waals surface area contributed by atoms with Crippen molar-refractivity contribution in [3.05, 3.63) is 18.5 Å². The van der Waals surface area contributed by atoms with Crippen molar-refractivity contribution in [3.8, 4) is 0 Å². The molecule has 0 spiro atoms. The van der Waals surface area contributed by atoms with E-state index in [-0.39, 0.29) is 11.9 Å². The number of amides is 3. The van der Waals surface area contributed by atoms with E-state index in [9.17, 15) is 9.59 Å². The molecule has 0 unspecified atom stereocenters. The molecule has 3 fully saturated rings. The first-order chi connectivity index (χ1) is 11.6. The summed E-state index contributed by atoms with van der Waals surface area (Å²) in [4.78, 5) is 38.3. The largest absolute Gasteiger partial charge is 0.330 e. The molecule has 1 saturated carbocycles. The smallest absolute Gasteiger partial charge is 0.329 e. The highest BCUT2D eigenvalue weighted by atomic mass is 16.2. The summed E-state index contributed by atoms with van der Waals surface area (Å²) in [7, 11) is 0. The van der Waals surface area contributed by atoms with Crippen LogP contribution in [0.2, 0.25) is 0 Å². The van der Waals surface area contributed by atoms with Gasteiger partial charge in [0, 0.05) is 12.4 Å². The molecule has 1 aromatic rings. The van der Waals surface area contributed by atoms with Gasteiger partial charge in [0.1, 0.15) is 5.54 Å². The maximum absolute atomic E-state index is 12.7. The third-order valence-electron chi connectivity index (χ3n) is 5.38. The molecule has 8 nitrogen and oxygen atoms in total. The van der Waals surface area contributed by atoms with Gasteiger partial charge < -0.3 is 15.1 Å². The van der Waals surface area contributed by atoms with Crippen molar-refractivity contribution in [1.82, 2.24) is 20.2 Å². The molecule has 3 amide bonds. The summed E-state index contributed by atoms with van der Waals surface area (Å²) < 4.78 is 0. The van der Waals surface area contributed by atoms with Gasteiger partial charge in [-0.05, 0) is 31.7 Å². The van der Waals surface area contributed by atoms with Crippen LogP contribution in [0.15, 0.2) is 18.5 Å². The zero-order valence-corrected chi connectivity index (χ0v) is 13.9. The monoisotopic (exact) mass is 331 g/mol. The van der Waals surface area contributed by atoms with E-state index in [0.717, 1.165) is 45.0 Å². The van der Waals surface area contributed by atoms with E-state index in [1.54, 1.807) is 18.5 Å². The Morgan fingerprint density at radius 1 is 1.25 bits per heavy atom. The van der Waals surface area contributed by atoms with Crippen molar-refractivity contribution in [2.24, 2.45) is 5.92 Å². The van der Waals surface area contributed by atoms with Gasteiger partial charge >= 0.3 is 6.03 Å². The molecule has 1 aromatic heterocycles. The molecule has 1 aliphatic carbocycles. The Bertz CT molecular complexity index is 641. The minimum absolute atomic E-state index is 0.0590. The molecule has 3 aliphatic rings. The number of quaternary nitrogens is 1. The number of aromatic nitrogens is 2. The maximum Gasteiger partial charge on any atom is 0.329 e. The van der Waals surface area contributed by atoms with Gasteiger partial charge in [-0.3, -0.25) is 4.79 Å². The number of carbonyl (C=O) groups excluding carboxylic acids is 2. The summed E-state index contributed by atoms with van der Waals surface area (Å²) in [6.07, 6.45) is 5.54. The van der Waals surface area contributed by atoms with E-state index >= 15 is 0 Å². The predicted octanol–water partition coefficient (Wildman–Crippen LogP) is -1.14. The number of carbonyl (C=O) groups is 2. The lowest BCUT2D eigenvalue weighted by Crippen LogP contribution is -3.16. The van der Waals surface area contributed by atoms with Crippen LogP contribution in [0.4, 0.5) is 10.7 Å². The lowest BCUT2D eigenvalue weighted by molar-refractivity contribution is -0.907. The van der Waals surface area contributed by atoms with Crippen LogP contribution < -0.4 is 15.1 Å². The molecule has 128 valence electrons. The van der Waals surface area contributed by atoms with Crippen molar-refractivity contribution in [2.75, 3.05) is 37.7 Å². The average molecular weight is 331 g/mol. The van der Waals surface area contributed by atoms with Crippen molar-refractivity contribution < 1.29 is 14.5 Å². The molecule has 1 atom stereocenters. The average Bonchev–Trinajstić information content (AvgIpc) is 3.43. The van der Waals surface area contributed by atoms with Crippen LogP contribution in [0.5, 0.6) is 0 Å². The highest BCUT2D eigenvalue weighted by Gasteiger charge is 2.56. The van der Waals surface area contributed by atoms with Crippen LogP contribution in [-0.2, 0) is 4.79 Å². The molecular weight excluding hydrogens is 308 g/mol. The third-order valence-corrected chi connectivity index (χ3v) is 5.38. The van der Waals surface area contributed by atoms with Gasteiger partial charge in [0.15, 0.2) is 6.67 Å². The summed E-state index contributed by atoms with van der Waals surface area (Å²) >= 11 is 0. The predicted molar refractivity (Wildman–Crippen MR) is 86.3 cm³/mol. The Kier molecular flexibility index (Phi) is 3.64. The lowest BCUT2D eigenvalue weighted by atomic mass is 9.96. The molecule has 0 radical (unpaired) electrons. The van der Waals surface area contributed by atoms with Gasteiger partial charge in [-0.2, -0.15) is 0 Å². The van der Waals surface area contributed by atoms with Crippen molar-refractivity contribution in [1.29, 1.82) is 0 Å². The Morgan fingerprint density at radius 2 is 1.92 bits per heavy atom. The number of imide groups is 1. The topological polar surface area (TPSA) is 82.9 Å². The molecule has 24 heavy (non-hydrogen) atoms. The number of hydrogen-bond acceptors (Lipinski definition) is 5. The Morgan fingerprint density at radius 3 is 2.54 bits per heavy atom. The molecule has 2 aliphatic heterocycles. The minimum atomic E-state index is -0.684. The molecule has 3 heterocycles. The van der Waals surface area contributed by atoms with Gasteiger partial charge in [-0.15, -0.1) is 0 Å². The van der Waals surface area contributed by atoms with E-state index in [1.165, 1.54) is 9.80 Å². The van der Waals surface area contributed by atoms with Crippen molar-refractivity contribution in [2.45, 2.75) is 25.3 Å². The fraction of sp³-hybridized carbons (Fsp3) is 0.625. The molecule has 8 heteroatoms. The second kappa shape index (κ2) is 5.70. The van der Waals surface area contributed by atoms with Crippen LogP contribution in [-0.4, -0.2) is 65.2 Å². The van der Waals surface area contributed by atoms with Crippen molar-refractivity contribution in [3.63, 3.8) is 0 Å². The lowest BCUT2D eigenvalue weighted by Gasteiger charge is -2.33. The van der Waals surface area contributed by atoms with Crippen LogP contribution in [0, 0.1) is 5.92 Å². The number of urea groups is 1. The first kappa shape index (κ1) is 15.3.